The van der Waals surface area contributed by atoms with Crippen LogP contribution in [0.25, 0.3) is 0 Å². The maximum atomic E-state index is 12.8. The number of hydrogen-bond donors (Lipinski definition) is 1. The van der Waals surface area contributed by atoms with Gasteiger partial charge in [0.05, 0.1) is 5.56 Å². The number of rotatable bonds is 5. The number of amides is 1. The van der Waals surface area contributed by atoms with Gasteiger partial charge in [-0.15, -0.1) is 0 Å². The molecule has 1 N–H and O–H groups in total. The average molecular weight is 364 g/mol. The summed E-state index contributed by atoms with van der Waals surface area (Å²) in [5.41, 5.74) is 4.26. The number of nitrogens with one attached hydrogen (secondary N) is 1. The second-order valence-electron chi connectivity index (χ2n) is 7.77. The second-order valence-corrected chi connectivity index (χ2v) is 7.77. The number of fused-ring (bicyclic) bond motifs is 1. The minimum absolute atomic E-state index is 0.0656. The molecule has 142 valence electrons. The monoisotopic (exact) mass is 364 g/mol. The van der Waals surface area contributed by atoms with Gasteiger partial charge in [0.2, 0.25) is 0 Å². The minimum atomic E-state index is -0.0656. The van der Waals surface area contributed by atoms with Crippen molar-refractivity contribution in [3.63, 3.8) is 0 Å². The van der Waals surface area contributed by atoms with Crippen LogP contribution >= 0.6 is 0 Å². The van der Waals surface area contributed by atoms with E-state index < -0.39 is 0 Å². The molecule has 27 heavy (non-hydrogen) atoms. The predicted octanol–water partition coefficient (Wildman–Crippen LogP) is 4.10. The van der Waals surface area contributed by atoms with Crippen LogP contribution in [0.5, 0.6) is 5.75 Å². The Hall–Kier alpha value is -2.33. The lowest BCUT2D eigenvalue weighted by Crippen LogP contribution is -2.25. The molecule has 0 saturated carbocycles. The van der Waals surface area contributed by atoms with Gasteiger partial charge in [-0.25, -0.2) is 0 Å². The van der Waals surface area contributed by atoms with E-state index in [4.69, 9.17) is 4.74 Å². The first kappa shape index (κ1) is 18.1. The van der Waals surface area contributed by atoms with E-state index in [9.17, 15) is 4.79 Å². The molecule has 0 unspecified atom stereocenters. The van der Waals surface area contributed by atoms with E-state index in [2.05, 4.69) is 48.3 Å². The molecule has 0 bridgehead atoms. The van der Waals surface area contributed by atoms with Gasteiger partial charge in [0, 0.05) is 24.6 Å². The molecule has 0 aliphatic carbocycles. The summed E-state index contributed by atoms with van der Waals surface area (Å²) in [4.78, 5) is 15.3. The van der Waals surface area contributed by atoms with E-state index in [-0.39, 0.29) is 12.0 Å². The van der Waals surface area contributed by atoms with Crippen molar-refractivity contribution in [2.24, 2.45) is 0 Å². The van der Waals surface area contributed by atoms with Gasteiger partial charge in [0.1, 0.15) is 11.9 Å². The van der Waals surface area contributed by atoms with Crippen molar-refractivity contribution in [2.45, 2.75) is 51.8 Å². The third-order valence-corrected chi connectivity index (χ3v) is 5.94. The van der Waals surface area contributed by atoms with Crippen LogP contribution in [-0.4, -0.2) is 30.0 Å². The molecule has 1 amide bonds. The fraction of sp³-hybridized carbons (Fsp3) is 0.435. The zero-order valence-corrected chi connectivity index (χ0v) is 16.2. The molecule has 0 aromatic heterocycles. The number of likely N-dealkylation sites (tertiary alicyclic amines) is 1. The first-order chi connectivity index (χ1) is 13.1. The smallest absolute Gasteiger partial charge is 0.255 e. The lowest BCUT2D eigenvalue weighted by molar-refractivity contribution is 0.0945. The van der Waals surface area contributed by atoms with Gasteiger partial charge >= 0.3 is 0 Å². The highest BCUT2D eigenvalue weighted by Gasteiger charge is 2.31. The molecule has 2 aliphatic heterocycles. The van der Waals surface area contributed by atoms with Crippen LogP contribution in [0.3, 0.4) is 0 Å². The summed E-state index contributed by atoms with van der Waals surface area (Å²) in [5, 5.41) is 3.10. The molecule has 2 atom stereocenters. The average Bonchev–Trinajstić information content (AvgIpc) is 3.29. The van der Waals surface area contributed by atoms with Crippen molar-refractivity contribution in [1.29, 1.82) is 0 Å². The molecule has 2 aliphatic rings. The molecule has 2 heterocycles. The first-order valence-corrected chi connectivity index (χ1v) is 10.0. The maximum absolute atomic E-state index is 12.8. The number of ether oxygens (including phenoxy) is 1. The molecule has 4 rings (SSSR count). The summed E-state index contributed by atoms with van der Waals surface area (Å²) < 4.78 is 5.97. The molecular weight excluding hydrogens is 336 g/mol. The number of carbonyl (C=O) groups is 1. The van der Waals surface area contributed by atoms with Crippen molar-refractivity contribution < 1.29 is 9.53 Å². The Labute approximate surface area is 161 Å². The summed E-state index contributed by atoms with van der Waals surface area (Å²) in [6.07, 6.45) is 2.68. The van der Waals surface area contributed by atoms with E-state index in [1.807, 2.05) is 18.2 Å². The molecule has 0 radical (unpaired) electrons. The van der Waals surface area contributed by atoms with Crippen molar-refractivity contribution in [2.75, 3.05) is 13.1 Å². The molecule has 4 heteroatoms. The van der Waals surface area contributed by atoms with E-state index in [1.165, 1.54) is 37.1 Å². The van der Waals surface area contributed by atoms with Gasteiger partial charge in [-0.3, -0.25) is 9.69 Å². The standard InChI is InChI=1S/C23H28N2O2/c1-16-17(2)27-22-20(16)10-7-11-21(22)23(26)24-14-18-8-3-4-9-19(18)15-25-12-5-6-13-25/h3-4,7-11,16-17H,5-6,12-15H2,1-2H3,(H,24,26)/t16-,17-/m0/s1. The number of para-hydroxylation sites is 1. The van der Waals surface area contributed by atoms with Crippen LogP contribution in [0, 0.1) is 0 Å². The van der Waals surface area contributed by atoms with Crippen molar-refractivity contribution in [3.8, 4) is 5.75 Å². The Kier molecular flexibility index (Phi) is 5.17. The minimum Gasteiger partial charge on any atom is -0.489 e. The molecule has 1 saturated heterocycles. The fourth-order valence-corrected chi connectivity index (χ4v) is 4.10. The zero-order chi connectivity index (χ0) is 18.8. The first-order valence-electron chi connectivity index (χ1n) is 10.0. The molecule has 2 aromatic carbocycles. The second kappa shape index (κ2) is 7.73. The molecule has 1 fully saturated rings. The van der Waals surface area contributed by atoms with Crippen molar-refractivity contribution >= 4 is 5.91 Å². The summed E-state index contributed by atoms with van der Waals surface area (Å²) in [5.74, 6) is 0.999. The third kappa shape index (κ3) is 3.72. The maximum Gasteiger partial charge on any atom is 0.255 e. The van der Waals surface area contributed by atoms with Crippen LogP contribution < -0.4 is 10.1 Å². The number of nitrogens with zero attached hydrogens (tertiary/aromatic N) is 1. The Morgan fingerprint density at radius 1 is 1.07 bits per heavy atom. The van der Waals surface area contributed by atoms with E-state index >= 15 is 0 Å². The van der Waals surface area contributed by atoms with Crippen LogP contribution in [0.15, 0.2) is 42.5 Å². The normalized spacial score (nSPS) is 21.7. The highest BCUT2D eigenvalue weighted by atomic mass is 16.5. The largest absolute Gasteiger partial charge is 0.489 e. The van der Waals surface area contributed by atoms with Crippen LogP contribution in [0.2, 0.25) is 0 Å². The van der Waals surface area contributed by atoms with Gasteiger partial charge in [-0.2, -0.15) is 0 Å². The summed E-state index contributed by atoms with van der Waals surface area (Å²) in [7, 11) is 0. The van der Waals surface area contributed by atoms with Gasteiger partial charge in [-0.05, 0) is 50.0 Å². The van der Waals surface area contributed by atoms with Crippen LogP contribution in [0.1, 0.15) is 59.7 Å². The summed E-state index contributed by atoms with van der Waals surface area (Å²) in [6, 6.07) is 14.3. The molecule has 4 nitrogen and oxygen atoms in total. The number of hydrogen-bond acceptors (Lipinski definition) is 3. The lowest BCUT2D eigenvalue weighted by atomic mass is 9.97. The highest BCUT2D eigenvalue weighted by Crippen LogP contribution is 2.40. The Morgan fingerprint density at radius 2 is 1.81 bits per heavy atom. The zero-order valence-electron chi connectivity index (χ0n) is 16.2. The van der Waals surface area contributed by atoms with Gasteiger partial charge in [-0.1, -0.05) is 43.3 Å². The molecule has 0 spiro atoms. The van der Waals surface area contributed by atoms with Crippen LogP contribution in [-0.2, 0) is 13.1 Å². The topological polar surface area (TPSA) is 41.6 Å². The number of carbonyl (C=O) groups excluding carboxylic acids is 1. The Morgan fingerprint density at radius 3 is 2.59 bits per heavy atom. The third-order valence-electron chi connectivity index (χ3n) is 5.94. The SMILES string of the molecule is C[C@@H]1Oc2c(C(=O)NCc3ccccc3CN3CCCC3)cccc2[C@H]1C. The Bertz CT molecular complexity index is 827. The van der Waals surface area contributed by atoms with Crippen LogP contribution in [0.4, 0.5) is 0 Å². The van der Waals surface area contributed by atoms with Gasteiger partial charge in [0.25, 0.3) is 5.91 Å². The molecule has 2 aromatic rings. The van der Waals surface area contributed by atoms with Gasteiger partial charge < -0.3 is 10.1 Å². The Balaban J connectivity index is 1.47. The van der Waals surface area contributed by atoms with E-state index in [0.29, 0.717) is 18.0 Å². The summed E-state index contributed by atoms with van der Waals surface area (Å²) >= 11 is 0. The predicted molar refractivity (Wildman–Crippen MR) is 107 cm³/mol. The fourth-order valence-electron chi connectivity index (χ4n) is 4.10. The molecular formula is C23H28N2O2. The van der Waals surface area contributed by atoms with Gasteiger partial charge in [0.15, 0.2) is 0 Å². The summed E-state index contributed by atoms with van der Waals surface area (Å²) in [6.45, 7) is 8.05. The number of benzene rings is 2. The quantitative estimate of drug-likeness (QED) is 0.869. The van der Waals surface area contributed by atoms with E-state index in [0.717, 1.165) is 17.9 Å². The highest BCUT2D eigenvalue weighted by molar-refractivity contribution is 5.97. The van der Waals surface area contributed by atoms with Crippen molar-refractivity contribution in [3.05, 3.63) is 64.7 Å². The lowest BCUT2D eigenvalue weighted by Gasteiger charge is -2.18. The van der Waals surface area contributed by atoms with E-state index in [1.54, 1.807) is 0 Å². The van der Waals surface area contributed by atoms with Crippen molar-refractivity contribution in [1.82, 2.24) is 10.2 Å².